The monoisotopic (exact) mass is 289 g/mol. The maximum absolute atomic E-state index is 10.9. The normalized spacial score (nSPS) is 12.0. The molecule has 0 aliphatic carbocycles. The van der Waals surface area contributed by atoms with Crippen LogP contribution in [0, 0.1) is 10.1 Å². The minimum absolute atomic E-state index is 0.0158. The van der Waals surface area contributed by atoms with Crippen molar-refractivity contribution in [3.8, 4) is 11.5 Å². The van der Waals surface area contributed by atoms with Gasteiger partial charge in [-0.05, 0) is 13.0 Å². The molecule has 6 heteroatoms. The highest BCUT2D eigenvalue weighted by molar-refractivity contribution is 9.09. The molecule has 5 nitrogen and oxygen atoms in total. The fraction of sp³-hybridized carbons (Fsp3) is 0.400. The van der Waals surface area contributed by atoms with Gasteiger partial charge >= 0.3 is 0 Å². The summed E-state index contributed by atoms with van der Waals surface area (Å²) in [5.74, 6) is 0.834. The molecule has 16 heavy (non-hydrogen) atoms. The summed E-state index contributed by atoms with van der Waals surface area (Å²) in [5.41, 5.74) is 0.574. The van der Waals surface area contributed by atoms with Gasteiger partial charge in [0.25, 0.3) is 5.69 Å². The molecular weight excluding hydrogens is 278 g/mol. The minimum Gasteiger partial charge on any atom is -0.493 e. The van der Waals surface area contributed by atoms with Crippen LogP contribution in [0.15, 0.2) is 12.1 Å². The molecule has 0 N–H and O–H groups in total. The standard InChI is InChI=1S/C10H12BrNO4/c1-6(11)7-4-9(15-2)10(16-3)5-8(7)12(13)14/h4-6H,1-3H3. The molecule has 0 saturated heterocycles. The Balaban J connectivity index is 3.41. The van der Waals surface area contributed by atoms with E-state index in [0.29, 0.717) is 17.1 Å². The van der Waals surface area contributed by atoms with E-state index >= 15 is 0 Å². The van der Waals surface area contributed by atoms with Gasteiger partial charge in [0.2, 0.25) is 0 Å². The van der Waals surface area contributed by atoms with Gasteiger partial charge in [-0.2, -0.15) is 0 Å². The number of hydrogen-bond acceptors (Lipinski definition) is 4. The van der Waals surface area contributed by atoms with Gasteiger partial charge in [0.15, 0.2) is 11.5 Å². The van der Waals surface area contributed by atoms with Gasteiger partial charge < -0.3 is 9.47 Å². The first-order valence-corrected chi connectivity index (χ1v) is 5.47. The molecule has 0 radical (unpaired) electrons. The number of methoxy groups -OCH3 is 2. The summed E-state index contributed by atoms with van der Waals surface area (Å²) in [6.45, 7) is 1.81. The van der Waals surface area contributed by atoms with Crippen LogP contribution in [0.25, 0.3) is 0 Å². The SMILES string of the molecule is COc1cc(C(C)Br)c([N+](=O)[O-])cc1OC. The number of nitrogens with zero attached hydrogens (tertiary/aromatic N) is 1. The largest absolute Gasteiger partial charge is 0.493 e. The molecule has 0 saturated carbocycles. The van der Waals surface area contributed by atoms with Crippen molar-refractivity contribution in [2.24, 2.45) is 0 Å². The highest BCUT2D eigenvalue weighted by Gasteiger charge is 2.21. The van der Waals surface area contributed by atoms with Gasteiger partial charge in [0.1, 0.15) is 0 Å². The zero-order valence-electron chi connectivity index (χ0n) is 9.19. The Morgan fingerprint density at radius 3 is 2.19 bits per heavy atom. The summed E-state index contributed by atoms with van der Waals surface area (Å²) in [6, 6.07) is 2.97. The van der Waals surface area contributed by atoms with E-state index in [4.69, 9.17) is 9.47 Å². The van der Waals surface area contributed by atoms with Gasteiger partial charge in [0.05, 0.1) is 25.2 Å². The van der Waals surface area contributed by atoms with Crippen molar-refractivity contribution in [1.82, 2.24) is 0 Å². The molecule has 0 amide bonds. The molecule has 1 unspecified atom stereocenters. The third kappa shape index (κ3) is 2.44. The van der Waals surface area contributed by atoms with Crippen molar-refractivity contribution in [2.75, 3.05) is 14.2 Å². The van der Waals surface area contributed by atoms with Crippen LogP contribution in [0.3, 0.4) is 0 Å². The lowest BCUT2D eigenvalue weighted by Gasteiger charge is -2.11. The van der Waals surface area contributed by atoms with Crippen molar-refractivity contribution in [2.45, 2.75) is 11.8 Å². The Morgan fingerprint density at radius 2 is 1.81 bits per heavy atom. The van der Waals surface area contributed by atoms with Crippen LogP contribution in [-0.4, -0.2) is 19.1 Å². The Kier molecular flexibility index (Phi) is 4.12. The van der Waals surface area contributed by atoms with Crippen molar-refractivity contribution in [3.05, 3.63) is 27.8 Å². The highest BCUT2D eigenvalue weighted by atomic mass is 79.9. The number of hydrogen-bond donors (Lipinski definition) is 0. The van der Waals surface area contributed by atoms with E-state index in [0.717, 1.165) is 0 Å². The lowest BCUT2D eigenvalue weighted by atomic mass is 10.1. The van der Waals surface area contributed by atoms with Crippen molar-refractivity contribution in [3.63, 3.8) is 0 Å². The maximum atomic E-state index is 10.9. The van der Waals surface area contributed by atoms with Crippen LogP contribution in [0.5, 0.6) is 11.5 Å². The molecule has 0 heterocycles. The summed E-state index contributed by atoms with van der Waals surface area (Å²) >= 11 is 3.31. The molecule has 88 valence electrons. The lowest BCUT2D eigenvalue weighted by molar-refractivity contribution is -0.385. The molecule has 0 aromatic heterocycles. The summed E-state index contributed by atoms with van der Waals surface area (Å²) in [5, 5.41) is 10.9. The number of halogens is 1. The van der Waals surface area contributed by atoms with Crippen LogP contribution in [0.1, 0.15) is 17.3 Å². The third-order valence-corrected chi connectivity index (χ3v) is 2.65. The number of rotatable bonds is 4. The fourth-order valence-corrected chi connectivity index (χ4v) is 1.73. The molecular formula is C10H12BrNO4. The van der Waals surface area contributed by atoms with Gasteiger partial charge in [-0.1, -0.05) is 15.9 Å². The summed E-state index contributed by atoms with van der Waals surface area (Å²) in [7, 11) is 2.94. The topological polar surface area (TPSA) is 61.6 Å². The van der Waals surface area contributed by atoms with Gasteiger partial charge in [0, 0.05) is 10.4 Å². The van der Waals surface area contributed by atoms with E-state index in [2.05, 4.69) is 15.9 Å². The van der Waals surface area contributed by atoms with Crippen molar-refractivity contribution in [1.29, 1.82) is 0 Å². The molecule has 0 aliphatic heterocycles. The van der Waals surface area contributed by atoms with E-state index in [1.54, 1.807) is 6.07 Å². The molecule has 0 bridgehead atoms. The zero-order chi connectivity index (χ0) is 12.3. The van der Waals surface area contributed by atoms with E-state index in [-0.39, 0.29) is 10.5 Å². The summed E-state index contributed by atoms with van der Waals surface area (Å²) in [6.07, 6.45) is 0. The first-order valence-electron chi connectivity index (χ1n) is 4.55. The average Bonchev–Trinajstić information content (AvgIpc) is 2.26. The number of benzene rings is 1. The number of nitro benzene ring substituents is 1. The molecule has 0 fully saturated rings. The van der Waals surface area contributed by atoms with Crippen LogP contribution < -0.4 is 9.47 Å². The quantitative estimate of drug-likeness (QED) is 0.485. The van der Waals surface area contributed by atoms with E-state index in [1.165, 1.54) is 20.3 Å². The summed E-state index contributed by atoms with van der Waals surface area (Å²) in [4.78, 5) is 10.3. The predicted octanol–water partition coefficient (Wildman–Crippen LogP) is 3.07. The first-order chi connectivity index (χ1) is 7.51. The van der Waals surface area contributed by atoms with E-state index in [1.807, 2.05) is 6.92 Å². The molecule has 0 spiro atoms. The zero-order valence-corrected chi connectivity index (χ0v) is 10.8. The van der Waals surface area contributed by atoms with E-state index in [9.17, 15) is 10.1 Å². The van der Waals surface area contributed by atoms with Crippen LogP contribution >= 0.6 is 15.9 Å². The predicted molar refractivity (Wildman–Crippen MR) is 63.5 cm³/mol. The molecule has 1 atom stereocenters. The molecule has 1 aromatic carbocycles. The third-order valence-electron chi connectivity index (χ3n) is 2.16. The van der Waals surface area contributed by atoms with Crippen LogP contribution in [-0.2, 0) is 0 Å². The summed E-state index contributed by atoms with van der Waals surface area (Å²) < 4.78 is 10.1. The smallest absolute Gasteiger partial charge is 0.277 e. The van der Waals surface area contributed by atoms with Crippen molar-refractivity contribution < 1.29 is 14.4 Å². The second-order valence-electron chi connectivity index (χ2n) is 3.14. The molecule has 1 rings (SSSR count). The van der Waals surface area contributed by atoms with Gasteiger partial charge in [-0.3, -0.25) is 10.1 Å². The second-order valence-corrected chi connectivity index (χ2v) is 4.51. The Bertz CT molecular complexity index is 406. The number of ether oxygens (including phenoxy) is 2. The average molecular weight is 290 g/mol. The molecule has 1 aromatic rings. The van der Waals surface area contributed by atoms with Gasteiger partial charge in [-0.25, -0.2) is 0 Å². The maximum Gasteiger partial charge on any atom is 0.277 e. The minimum atomic E-state index is -0.435. The Morgan fingerprint density at radius 1 is 1.31 bits per heavy atom. The lowest BCUT2D eigenvalue weighted by Crippen LogP contribution is -1.99. The van der Waals surface area contributed by atoms with Gasteiger partial charge in [-0.15, -0.1) is 0 Å². The molecule has 0 aliphatic rings. The fourth-order valence-electron chi connectivity index (χ4n) is 1.36. The number of nitro groups is 1. The van der Waals surface area contributed by atoms with E-state index < -0.39 is 4.92 Å². The Labute approximate surface area is 102 Å². The second kappa shape index (κ2) is 5.16. The van der Waals surface area contributed by atoms with Crippen LogP contribution in [0.4, 0.5) is 5.69 Å². The Hall–Kier alpha value is -1.30. The number of alkyl halides is 1. The highest BCUT2D eigenvalue weighted by Crippen LogP contribution is 2.39. The van der Waals surface area contributed by atoms with Crippen LogP contribution in [0.2, 0.25) is 0 Å². The first kappa shape index (κ1) is 12.8. The van der Waals surface area contributed by atoms with Crippen molar-refractivity contribution >= 4 is 21.6 Å².